The minimum Gasteiger partial charge on any atom is -0.477 e. The monoisotopic (exact) mass is 200 g/mol. The highest BCUT2D eigenvalue weighted by atomic mass is 32.2. The molecule has 1 aromatic carbocycles. The lowest BCUT2D eigenvalue weighted by atomic mass is 10.4. The van der Waals surface area contributed by atoms with Gasteiger partial charge in [0.15, 0.2) is 0 Å². The predicted molar refractivity (Wildman–Crippen MR) is 49.1 cm³/mol. The Balaban J connectivity index is 0.000000223. The smallest absolute Gasteiger partial charge is 0.343 e. The number of aliphatic carboxylic acids is 1. The van der Waals surface area contributed by atoms with Crippen LogP contribution in [0.1, 0.15) is 0 Å². The molecule has 0 aliphatic rings. The van der Waals surface area contributed by atoms with Crippen LogP contribution in [-0.4, -0.2) is 24.9 Å². The Labute approximate surface area is 77.0 Å². The Kier molecular flexibility index (Phi) is 6.17. The van der Waals surface area contributed by atoms with E-state index in [-0.39, 0.29) is 5.37 Å². The number of carboxylic acid groups (broad SMARTS) is 1. The van der Waals surface area contributed by atoms with E-state index in [4.69, 9.17) is 5.11 Å². The van der Waals surface area contributed by atoms with Gasteiger partial charge < -0.3 is 5.11 Å². The van der Waals surface area contributed by atoms with Crippen LogP contribution >= 0.6 is 0 Å². The van der Waals surface area contributed by atoms with Gasteiger partial charge in [-0.2, -0.15) is 8.42 Å². The molecule has 0 saturated carbocycles. The third kappa shape index (κ3) is 10.4. The Bertz CT molecular complexity index is 332. The molecule has 0 heterocycles. The molecule has 5 heteroatoms. The van der Waals surface area contributed by atoms with Gasteiger partial charge in [0.1, 0.15) is 5.37 Å². The first kappa shape index (κ1) is 11.4. The molecule has 0 unspecified atom stereocenters. The maximum absolute atomic E-state index is 9.37. The topological polar surface area (TPSA) is 71.4 Å². The molecule has 0 atom stereocenters. The van der Waals surface area contributed by atoms with Crippen molar-refractivity contribution in [2.45, 2.75) is 0 Å². The standard InChI is InChI=1S/C6H6.C2H2O4S/c1-2-4-6-5-3-1;3-2(4)1-7(5)6/h1-6H;1H,(H,3,4). The van der Waals surface area contributed by atoms with Gasteiger partial charge in [0.25, 0.3) is 0 Å². The predicted octanol–water partition coefficient (Wildman–Crippen LogP) is 0.439. The largest absolute Gasteiger partial charge is 0.477 e. The van der Waals surface area contributed by atoms with Crippen LogP contribution in [0.3, 0.4) is 0 Å². The van der Waals surface area contributed by atoms with Crippen molar-refractivity contribution >= 4 is 21.6 Å². The summed E-state index contributed by atoms with van der Waals surface area (Å²) in [5, 5.41) is 7.80. The van der Waals surface area contributed by atoms with Gasteiger partial charge in [-0.05, 0) is 0 Å². The quantitative estimate of drug-likeness (QED) is 0.667. The number of carbonyl (C=O) groups is 1. The van der Waals surface area contributed by atoms with E-state index in [0.717, 1.165) is 0 Å². The van der Waals surface area contributed by atoms with Crippen molar-refractivity contribution in [1.29, 1.82) is 0 Å². The lowest BCUT2D eigenvalue weighted by Crippen LogP contribution is -1.94. The lowest BCUT2D eigenvalue weighted by molar-refractivity contribution is -0.128. The summed E-state index contributed by atoms with van der Waals surface area (Å²) in [6.45, 7) is 0. The van der Waals surface area contributed by atoms with E-state index in [1.165, 1.54) is 0 Å². The number of rotatable bonds is 1. The molecule has 0 radical (unpaired) electrons. The van der Waals surface area contributed by atoms with Crippen molar-refractivity contribution in [3.8, 4) is 0 Å². The molecule has 4 nitrogen and oxygen atoms in total. The molecule has 1 N–H and O–H groups in total. The first-order valence-corrected chi connectivity index (χ1v) is 4.42. The number of carboxylic acids is 1. The minimum absolute atomic E-state index is 0.167. The van der Waals surface area contributed by atoms with E-state index >= 15 is 0 Å². The molecule has 0 bridgehead atoms. The lowest BCUT2D eigenvalue weighted by Gasteiger charge is -1.69. The number of benzene rings is 1. The van der Waals surface area contributed by atoms with Crippen molar-refractivity contribution in [2.75, 3.05) is 0 Å². The van der Waals surface area contributed by atoms with Crippen molar-refractivity contribution in [3.63, 3.8) is 0 Å². The summed E-state index contributed by atoms with van der Waals surface area (Å²) in [4.78, 5) is 9.36. The molecular weight excluding hydrogens is 192 g/mol. The van der Waals surface area contributed by atoms with Crippen LogP contribution in [0, 0.1) is 0 Å². The molecule has 1 aromatic rings. The van der Waals surface area contributed by atoms with Crippen LogP contribution in [0.15, 0.2) is 36.4 Å². The summed E-state index contributed by atoms with van der Waals surface area (Å²) in [5.41, 5.74) is 0. The highest BCUT2D eigenvalue weighted by molar-refractivity contribution is 7.73. The summed E-state index contributed by atoms with van der Waals surface area (Å²) < 4.78 is 18.7. The van der Waals surface area contributed by atoms with Gasteiger partial charge in [0, 0.05) is 0 Å². The molecule has 70 valence electrons. The van der Waals surface area contributed by atoms with Crippen molar-refractivity contribution in [2.24, 2.45) is 0 Å². The van der Waals surface area contributed by atoms with Gasteiger partial charge in [-0.15, -0.1) is 0 Å². The molecule has 0 aliphatic carbocycles. The fourth-order valence-electron chi connectivity index (χ4n) is 0.467. The third-order valence-corrected chi connectivity index (χ3v) is 1.26. The summed E-state index contributed by atoms with van der Waals surface area (Å²) in [6, 6.07) is 12.0. The van der Waals surface area contributed by atoms with Crippen LogP contribution in [0.5, 0.6) is 0 Å². The first-order valence-electron chi connectivity index (χ1n) is 3.29. The molecule has 1 rings (SSSR count). The highest BCUT2D eigenvalue weighted by Crippen LogP contribution is 1.79. The molecule has 0 spiro atoms. The SMILES string of the molecule is O=C(O)C=S(=O)=O.c1ccccc1. The van der Waals surface area contributed by atoms with E-state index in [2.05, 4.69) is 0 Å². The maximum atomic E-state index is 9.37. The van der Waals surface area contributed by atoms with Gasteiger partial charge in [0.05, 0.1) is 0 Å². The molecule has 13 heavy (non-hydrogen) atoms. The second kappa shape index (κ2) is 7.05. The van der Waals surface area contributed by atoms with E-state index in [1.54, 1.807) is 0 Å². The Morgan fingerprint density at radius 2 is 1.31 bits per heavy atom. The average Bonchev–Trinajstić information content (AvgIpc) is 2.06. The van der Waals surface area contributed by atoms with Crippen molar-refractivity contribution in [1.82, 2.24) is 0 Å². The fourth-order valence-corrected chi connectivity index (χ4v) is 0.632. The van der Waals surface area contributed by atoms with Crippen LogP contribution in [0.25, 0.3) is 0 Å². The Hall–Kier alpha value is -1.62. The molecule has 0 amide bonds. The summed E-state index contributed by atoms with van der Waals surface area (Å²) >= 11 is 0. The third-order valence-electron chi connectivity index (χ3n) is 0.864. The second-order valence-electron chi connectivity index (χ2n) is 1.87. The second-order valence-corrected chi connectivity index (χ2v) is 2.63. The molecule has 0 aromatic heterocycles. The van der Waals surface area contributed by atoms with Crippen LogP contribution in [0.4, 0.5) is 0 Å². The van der Waals surface area contributed by atoms with Crippen LogP contribution < -0.4 is 0 Å². The maximum Gasteiger partial charge on any atom is 0.343 e. The minimum atomic E-state index is -2.57. The van der Waals surface area contributed by atoms with Crippen LogP contribution in [0.2, 0.25) is 0 Å². The van der Waals surface area contributed by atoms with E-state index in [9.17, 15) is 13.2 Å². The zero-order chi connectivity index (χ0) is 10.1. The normalized spacial score (nSPS) is 7.69. The fraction of sp³-hybridized carbons (Fsp3) is 0. The molecule has 0 fully saturated rings. The highest BCUT2D eigenvalue weighted by Gasteiger charge is 1.83. The van der Waals surface area contributed by atoms with Crippen molar-refractivity contribution < 1.29 is 18.3 Å². The first-order chi connectivity index (χ1) is 6.13. The van der Waals surface area contributed by atoms with Crippen LogP contribution in [-0.2, 0) is 15.1 Å². The summed E-state index contributed by atoms with van der Waals surface area (Å²) in [7, 11) is -2.57. The van der Waals surface area contributed by atoms with Gasteiger partial charge in [-0.1, -0.05) is 36.4 Å². The summed E-state index contributed by atoms with van der Waals surface area (Å²) in [6.07, 6.45) is 0. The van der Waals surface area contributed by atoms with Gasteiger partial charge in [-0.3, -0.25) is 0 Å². The van der Waals surface area contributed by atoms with E-state index in [1.807, 2.05) is 36.4 Å². The Morgan fingerprint density at radius 1 is 1.00 bits per heavy atom. The Morgan fingerprint density at radius 3 is 1.38 bits per heavy atom. The molecule has 0 aliphatic heterocycles. The zero-order valence-electron chi connectivity index (χ0n) is 6.62. The molecular formula is C8H8O4S. The average molecular weight is 200 g/mol. The van der Waals surface area contributed by atoms with Gasteiger partial charge >= 0.3 is 5.97 Å². The molecule has 0 saturated heterocycles. The zero-order valence-corrected chi connectivity index (χ0v) is 7.44. The number of hydrogen-bond donors (Lipinski definition) is 1. The van der Waals surface area contributed by atoms with Gasteiger partial charge in [-0.25, -0.2) is 4.79 Å². The number of hydrogen-bond acceptors (Lipinski definition) is 3. The van der Waals surface area contributed by atoms with E-state index in [0.29, 0.717) is 0 Å². The van der Waals surface area contributed by atoms with Gasteiger partial charge in [0.2, 0.25) is 10.3 Å². The van der Waals surface area contributed by atoms with E-state index < -0.39 is 16.3 Å². The van der Waals surface area contributed by atoms with Crippen molar-refractivity contribution in [3.05, 3.63) is 36.4 Å². The summed E-state index contributed by atoms with van der Waals surface area (Å²) in [5.74, 6) is -1.45.